The Balaban J connectivity index is 1.82. The van der Waals surface area contributed by atoms with Gasteiger partial charge in [-0.05, 0) is 45.4 Å². The minimum atomic E-state index is -0.283. The van der Waals surface area contributed by atoms with Crippen LogP contribution in [0.3, 0.4) is 0 Å². The predicted octanol–water partition coefficient (Wildman–Crippen LogP) is 3.79. The first-order valence-electron chi connectivity index (χ1n) is 8.12. The molecule has 2 unspecified atom stereocenters. The second-order valence-corrected chi connectivity index (χ2v) is 7.25. The van der Waals surface area contributed by atoms with Crippen LogP contribution in [0.5, 0.6) is 0 Å². The van der Waals surface area contributed by atoms with Gasteiger partial charge in [-0.1, -0.05) is 12.8 Å². The van der Waals surface area contributed by atoms with E-state index in [0.29, 0.717) is 18.3 Å². The Morgan fingerprint density at radius 1 is 1.33 bits per heavy atom. The van der Waals surface area contributed by atoms with E-state index in [1.54, 1.807) is 11.3 Å². The summed E-state index contributed by atoms with van der Waals surface area (Å²) in [5.41, 5.74) is 0.509. The van der Waals surface area contributed by atoms with E-state index in [1.165, 1.54) is 38.5 Å². The number of thiazole rings is 1. The highest BCUT2D eigenvalue weighted by molar-refractivity contribution is 7.15. The van der Waals surface area contributed by atoms with Crippen molar-refractivity contribution in [2.45, 2.75) is 58.4 Å². The number of fused-ring (bicyclic) bond motifs is 1. The second kappa shape index (κ2) is 6.34. The van der Waals surface area contributed by atoms with E-state index in [-0.39, 0.29) is 5.97 Å². The van der Waals surface area contributed by atoms with Crippen molar-refractivity contribution in [2.24, 2.45) is 5.92 Å². The van der Waals surface area contributed by atoms with Gasteiger partial charge in [0.15, 0.2) is 10.8 Å². The molecule has 0 bridgehead atoms. The normalized spacial score (nSPS) is 25.5. The minimum Gasteiger partial charge on any atom is -0.461 e. The zero-order valence-electron chi connectivity index (χ0n) is 12.9. The smallest absolute Gasteiger partial charge is 0.358 e. The molecule has 1 saturated carbocycles. The van der Waals surface area contributed by atoms with Gasteiger partial charge >= 0.3 is 5.97 Å². The number of aryl methyl sites for hydroxylation is 1. The molecule has 4 nitrogen and oxygen atoms in total. The maximum absolute atomic E-state index is 11.9. The zero-order valence-corrected chi connectivity index (χ0v) is 13.7. The van der Waals surface area contributed by atoms with Gasteiger partial charge in [-0.2, -0.15) is 0 Å². The molecule has 0 N–H and O–H groups in total. The molecule has 2 heterocycles. The van der Waals surface area contributed by atoms with E-state index in [1.807, 2.05) is 13.8 Å². The molecule has 2 atom stereocenters. The molecule has 0 amide bonds. The average Bonchev–Trinajstić information content (AvgIpc) is 2.89. The Morgan fingerprint density at radius 3 is 2.90 bits per heavy atom. The Kier molecular flexibility index (Phi) is 4.48. The van der Waals surface area contributed by atoms with Crippen LogP contribution >= 0.6 is 11.3 Å². The van der Waals surface area contributed by atoms with Gasteiger partial charge in [0.1, 0.15) is 0 Å². The highest BCUT2D eigenvalue weighted by Gasteiger charge is 2.35. The molecule has 1 aliphatic carbocycles. The summed E-state index contributed by atoms with van der Waals surface area (Å²) in [5, 5.41) is 1.02. The largest absolute Gasteiger partial charge is 0.461 e. The number of hydrogen-bond donors (Lipinski definition) is 0. The number of carbonyl (C=O) groups is 1. The summed E-state index contributed by atoms with van der Waals surface area (Å²) < 4.78 is 5.10. The van der Waals surface area contributed by atoms with Crippen molar-refractivity contribution in [3.05, 3.63) is 10.6 Å². The van der Waals surface area contributed by atoms with E-state index in [4.69, 9.17) is 4.74 Å². The van der Waals surface area contributed by atoms with E-state index in [2.05, 4.69) is 9.88 Å². The Morgan fingerprint density at radius 2 is 2.10 bits per heavy atom. The highest BCUT2D eigenvalue weighted by atomic mass is 32.1. The van der Waals surface area contributed by atoms with Crippen LogP contribution in [0, 0.1) is 12.8 Å². The molecule has 2 aliphatic rings. The third-order valence-corrected chi connectivity index (χ3v) is 5.75. The quantitative estimate of drug-likeness (QED) is 0.797. The number of nitrogens with zero attached hydrogens (tertiary/aromatic N) is 2. The zero-order chi connectivity index (χ0) is 14.8. The Hall–Kier alpha value is -1.10. The molecule has 0 radical (unpaired) electrons. The number of ether oxygens (including phenoxy) is 1. The molecular weight excluding hydrogens is 284 g/mol. The van der Waals surface area contributed by atoms with Crippen LogP contribution in [0.4, 0.5) is 5.13 Å². The van der Waals surface area contributed by atoms with Crippen LogP contribution < -0.4 is 4.90 Å². The van der Waals surface area contributed by atoms with Gasteiger partial charge in [-0.25, -0.2) is 9.78 Å². The van der Waals surface area contributed by atoms with E-state index < -0.39 is 0 Å². The predicted molar refractivity (Wildman–Crippen MR) is 85.1 cm³/mol. The summed E-state index contributed by atoms with van der Waals surface area (Å²) in [6.07, 6.45) is 7.94. The van der Waals surface area contributed by atoms with Crippen molar-refractivity contribution in [1.82, 2.24) is 4.98 Å². The first kappa shape index (κ1) is 14.8. The van der Waals surface area contributed by atoms with Gasteiger partial charge in [-0.3, -0.25) is 0 Å². The van der Waals surface area contributed by atoms with E-state index in [0.717, 1.165) is 22.5 Å². The summed E-state index contributed by atoms with van der Waals surface area (Å²) in [4.78, 5) is 20.0. The van der Waals surface area contributed by atoms with Crippen LogP contribution in [0.25, 0.3) is 0 Å². The second-order valence-electron chi connectivity index (χ2n) is 6.07. The topological polar surface area (TPSA) is 42.4 Å². The van der Waals surface area contributed by atoms with Gasteiger partial charge in [0.2, 0.25) is 0 Å². The third-order valence-electron chi connectivity index (χ3n) is 4.74. The van der Waals surface area contributed by atoms with Gasteiger partial charge in [-0.15, -0.1) is 11.3 Å². The molecular formula is C16H24N2O2S. The van der Waals surface area contributed by atoms with Crippen molar-refractivity contribution in [3.63, 3.8) is 0 Å². The first-order valence-corrected chi connectivity index (χ1v) is 8.93. The summed E-state index contributed by atoms with van der Waals surface area (Å²) >= 11 is 1.64. The molecule has 1 aromatic heterocycles. The molecule has 1 aliphatic heterocycles. The van der Waals surface area contributed by atoms with Crippen molar-refractivity contribution in [2.75, 3.05) is 18.1 Å². The lowest BCUT2D eigenvalue weighted by atomic mass is 9.78. The van der Waals surface area contributed by atoms with E-state index >= 15 is 0 Å². The van der Waals surface area contributed by atoms with Gasteiger partial charge in [0.05, 0.1) is 6.61 Å². The summed E-state index contributed by atoms with van der Waals surface area (Å²) in [6.45, 7) is 5.28. The number of anilines is 1. The number of piperidine rings is 1. The number of esters is 1. The molecule has 5 heteroatoms. The van der Waals surface area contributed by atoms with Crippen LogP contribution in [0.15, 0.2) is 0 Å². The Labute approximate surface area is 130 Å². The number of hydrogen-bond acceptors (Lipinski definition) is 5. The van der Waals surface area contributed by atoms with Crippen molar-refractivity contribution >= 4 is 22.4 Å². The number of aromatic nitrogens is 1. The number of carbonyl (C=O) groups excluding carboxylic acids is 1. The van der Waals surface area contributed by atoms with Crippen LogP contribution in [-0.2, 0) is 4.74 Å². The summed E-state index contributed by atoms with van der Waals surface area (Å²) in [7, 11) is 0. The van der Waals surface area contributed by atoms with Crippen LogP contribution in [0.1, 0.15) is 60.8 Å². The maximum atomic E-state index is 11.9. The molecule has 21 heavy (non-hydrogen) atoms. The molecule has 0 spiro atoms. The molecule has 1 aromatic rings. The lowest BCUT2D eigenvalue weighted by Crippen LogP contribution is -2.46. The molecule has 2 fully saturated rings. The van der Waals surface area contributed by atoms with Crippen LogP contribution in [-0.4, -0.2) is 30.1 Å². The van der Waals surface area contributed by atoms with Crippen molar-refractivity contribution < 1.29 is 9.53 Å². The summed E-state index contributed by atoms with van der Waals surface area (Å²) in [5.74, 6) is 0.539. The van der Waals surface area contributed by atoms with E-state index in [9.17, 15) is 4.79 Å². The lowest BCUT2D eigenvalue weighted by molar-refractivity contribution is 0.0519. The third kappa shape index (κ3) is 2.93. The Bertz CT molecular complexity index is 512. The van der Waals surface area contributed by atoms with Gasteiger partial charge < -0.3 is 9.64 Å². The fourth-order valence-corrected chi connectivity index (χ4v) is 4.74. The van der Waals surface area contributed by atoms with Crippen LogP contribution in [0.2, 0.25) is 0 Å². The van der Waals surface area contributed by atoms with Crippen molar-refractivity contribution in [3.8, 4) is 0 Å². The minimum absolute atomic E-state index is 0.283. The monoisotopic (exact) mass is 308 g/mol. The SMILES string of the molecule is CCOC(=O)c1nc(N2CCCC3CCCCC32)sc1C. The maximum Gasteiger partial charge on any atom is 0.358 e. The standard InChI is InChI=1S/C16H24N2O2S/c1-3-20-15(19)14-11(2)21-16(17-14)18-10-6-8-12-7-4-5-9-13(12)18/h12-13H,3-10H2,1-2H3. The lowest BCUT2D eigenvalue weighted by Gasteiger charge is -2.44. The molecule has 3 rings (SSSR count). The van der Waals surface area contributed by atoms with Gasteiger partial charge in [0.25, 0.3) is 0 Å². The molecule has 1 saturated heterocycles. The molecule has 116 valence electrons. The fourth-order valence-electron chi connectivity index (χ4n) is 3.76. The van der Waals surface area contributed by atoms with Crippen molar-refractivity contribution in [1.29, 1.82) is 0 Å². The van der Waals surface area contributed by atoms with Gasteiger partial charge in [0, 0.05) is 17.5 Å². The highest BCUT2D eigenvalue weighted by Crippen LogP contribution is 2.39. The molecule has 0 aromatic carbocycles. The average molecular weight is 308 g/mol. The number of rotatable bonds is 3. The summed E-state index contributed by atoms with van der Waals surface area (Å²) in [6, 6.07) is 0.632. The first-order chi connectivity index (χ1) is 10.2. The fraction of sp³-hybridized carbons (Fsp3) is 0.750.